The molecule has 1 saturated carbocycles. The van der Waals surface area contributed by atoms with Crippen molar-refractivity contribution in [3.8, 4) is 0 Å². The number of nitro groups is 1. The highest BCUT2D eigenvalue weighted by atomic mass is 19.1. The Hall–Kier alpha value is -1.65. The third-order valence-corrected chi connectivity index (χ3v) is 4.06. The molecule has 0 spiro atoms. The van der Waals surface area contributed by atoms with Crippen molar-refractivity contribution in [2.45, 2.75) is 39.2 Å². The lowest BCUT2D eigenvalue weighted by Gasteiger charge is -2.33. The second-order valence-corrected chi connectivity index (χ2v) is 5.56. The maximum Gasteiger partial charge on any atom is 0.274 e. The van der Waals surface area contributed by atoms with Gasteiger partial charge in [-0.05, 0) is 37.2 Å². The Morgan fingerprint density at radius 1 is 1.26 bits per heavy atom. The summed E-state index contributed by atoms with van der Waals surface area (Å²) in [6.45, 7) is 4.46. The van der Waals surface area contributed by atoms with E-state index in [1.54, 1.807) is 0 Å². The van der Waals surface area contributed by atoms with Crippen LogP contribution < -0.4 is 5.32 Å². The number of hydrogen-bond donors (Lipinski definition) is 1. The number of nitrogens with zero attached hydrogens (tertiary/aromatic N) is 1. The van der Waals surface area contributed by atoms with Crippen LogP contribution in [0.5, 0.6) is 0 Å². The molecule has 104 valence electrons. The molecule has 1 aliphatic rings. The molecule has 1 fully saturated rings. The van der Waals surface area contributed by atoms with Crippen LogP contribution in [0.25, 0.3) is 0 Å². The largest absolute Gasteiger partial charge is 0.382 e. The molecule has 0 saturated heterocycles. The third kappa shape index (κ3) is 3.43. The summed E-state index contributed by atoms with van der Waals surface area (Å²) in [6.07, 6.45) is 3.18. The molecule has 0 bridgehead atoms. The van der Waals surface area contributed by atoms with Crippen molar-refractivity contribution in [3.63, 3.8) is 0 Å². The van der Waals surface area contributed by atoms with Gasteiger partial charge < -0.3 is 5.32 Å². The van der Waals surface area contributed by atoms with E-state index in [0.717, 1.165) is 25.3 Å². The third-order valence-electron chi connectivity index (χ3n) is 4.06. The summed E-state index contributed by atoms with van der Waals surface area (Å²) in [5.41, 5.74) is 0.290. The number of benzene rings is 1. The predicted octanol–water partition coefficient (Wildman–Crippen LogP) is 3.97. The van der Waals surface area contributed by atoms with Crippen molar-refractivity contribution in [1.29, 1.82) is 0 Å². The predicted molar refractivity (Wildman–Crippen MR) is 72.6 cm³/mol. The zero-order valence-corrected chi connectivity index (χ0v) is 11.2. The van der Waals surface area contributed by atoms with Crippen LogP contribution in [-0.2, 0) is 0 Å². The van der Waals surface area contributed by atoms with Gasteiger partial charge in [0.05, 0.1) is 11.0 Å². The number of halogens is 1. The molecule has 0 aromatic heterocycles. The molecule has 2 rings (SSSR count). The first kappa shape index (κ1) is 13.8. The average molecular weight is 266 g/mol. The van der Waals surface area contributed by atoms with E-state index in [2.05, 4.69) is 19.2 Å². The van der Waals surface area contributed by atoms with Crippen molar-refractivity contribution in [2.24, 2.45) is 11.8 Å². The lowest BCUT2D eigenvalue weighted by atomic mass is 9.79. The van der Waals surface area contributed by atoms with Crippen LogP contribution >= 0.6 is 0 Å². The van der Waals surface area contributed by atoms with E-state index >= 15 is 0 Å². The molecule has 1 aromatic rings. The maximum absolute atomic E-state index is 13.3. The first-order chi connectivity index (χ1) is 8.95. The fraction of sp³-hybridized carbons (Fsp3) is 0.571. The number of anilines is 1. The van der Waals surface area contributed by atoms with Gasteiger partial charge in [-0.3, -0.25) is 10.1 Å². The summed E-state index contributed by atoms with van der Waals surface area (Å²) >= 11 is 0. The van der Waals surface area contributed by atoms with Crippen molar-refractivity contribution < 1.29 is 9.31 Å². The van der Waals surface area contributed by atoms with Gasteiger partial charge in [0, 0.05) is 17.8 Å². The highest BCUT2D eigenvalue weighted by Gasteiger charge is 2.24. The first-order valence-corrected chi connectivity index (χ1v) is 6.67. The fourth-order valence-corrected chi connectivity index (χ4v) is 2.68. The van der Waals surface area contributed by atoms with Crippen LogP contribution in [0.1, 0.15) is 33.1 Å². The minimum atomic E-state index is -0.575. The number of nitrogens with one attached hydrogen (secondary N) is 1. The molecule has 3 atom stereocenters. The van der Waals surface area contributed by atoms with Gasteiger partial charge in [0.15, 0.2) is 0 Å². The molecule has 0 aliphatic heterocycles. The average Bonchev–Trinajstić information content (AvgIpc) is 2.33. The van der Waals surface area contributed by atoms with E-state index in [4.69, 9.17) is 0 Å². The summed E-state index contributed by atoms with van der Waals surface area (Å²) in [5, 5.41) is 13.9. The second kappa shape index (κ2) is 5.55. The Kier molecular flexibility index (Phi) is 4.02. The molecule has 3 unspecified atom stereocenters. The SMILES string of the molecule is CC1CCC(Nc2cc(F)cc([N+](=O)[O-])c2)CC1C. The van der Waals surface area contributed by atoms with Crippen molar-refractivity contribution in [3.05, 3.63) is 34.1 Å². The van der Waals surface area contributed by atoms with E-state index in [-0.39, 0.29) is 11.7 Å². The zero-order valence-electron chi connectivity index (χ0n) is 11.2. The van der Waals surface area contributed by atoms with E-state index in [1.165, 1.54) is 12.1 Å². The quantitative estimate of drug-likeness (QED) is 0.665. The topological polar surface area (TPSA) is 55.2 Å². The van der Waals surface area contributed by atoms with Gasteiger partial charge in [0.25, 0.3) is 5.69 Å². The first-order valence-electron chi connectivity index (χ1n) is 6.67. The van der Waals surface area contributed by atoms with Gasteiger partial charge in [0.2, 0.25) is 0 Å². The molecule has 19 heavy (non-hydrogen) atoms. The van der Waals surface area contributed by atoms with Gasteiger partial charge in [-0.15, -0.1) is 0 Å². The van der Waals surface area contributed by atoms with Gasteiger partial charge in [-0.25, -0.2) is 4.39 Å². The summed E-state index contributed by atoms with van der Waals surface area (Å²) in [4.78, 5) is 10.1. The van der Waals surface area contributed by atoms with E-state index in [0.29, 0.717) is 17.5 Å². The number of non-ortho nitro benzene ring substituents is 1. The number of hydrogen-bond acceptors (Lipinski definition) is 3. The Bertz CT molecular complexity index is 479. The van der Waals surface area contributed by atoms with Gasteiger partial charge in [-0.2, -0.15) is 0 Å². The molecule has 4 nitrogen and oxygen atoms in total. The molecule has 0 heterocycles. The monoisotopic (exact) mass is 266 g/mol. The highest BCUT2D eigenvalue weighted by Crippen LogP contribution is 2.31. The molecule has 1 N–H and O–H groups in total. The Morgan fingerprint density at radius 3 is 2.63 bits per heavy atom. The number of nitro benzene ring substituents is 1. The van der Waals surface area contributed by atoms with Crippen molar-refractivity contribution in [1.82, 2.24) is 0 Å². The van der Waals surface area contributed by atoms with Crippen molar-refractivity contribution in [2.75, 3.05) is 5.32 Å². The van der Waals surface area contributed by atoms with E-state index < -0.39 is 10.7 Å². The van der Waals surface area contributed by atoms with Crippen LogP contribution in [0, 0.1) is 27.8 Å². The van der Waals surface area contributed by atoms with E-state index in [9.17, 15) is 14.5 Å². The Morgan fingerprint density at radius 2 is 2.00 bits per heavy atom. The second-order valence-electron chi connectivity index (χ2n) is 5.56. The standard InChI is InChI=1S/C14H19FN2O2/c1-9-3-4-12(5-10(9)2)16-13-6-11(15)7-14(8-13)17(18)19/h6-10,12,16H,3-5H2,1-2H3. The molecule has 1 aliphatic carbocycles. The lowest BCUT2D eigenvalue weighted by Crippen LogP contribution is -2.30. The van der Waals surface area contributed by atoms with Crippen LogP contribution in [0.2, 0.25) is 0 Å². The Balaban J connectivity index is 2.09. The van der Waals surface area contributed by atoms with Gasteiger partial charge in [-0.1, -0.05) is 13.8 Å². The maximum atomic E-state index is 13.3. The zero-order chi connectivity index (χ0) is 14.0. The molecule has 1 aromatic carbocycles. The molecular weight excluding hydrogens is 247 g/mol. The minimum Gasteiger partial charge on any atom is -0.382 e. The normalized spacial score (nSPS) is 27.0. The Labute approximate surface area is 112 Å². The van der Waals surface area contributed by atoms with Gasteiger partial charge in [0.1, 0.15) is 5.82 Å². The molecule has 0 amide bonds. The molecular formula is C14H19FN2O2. The van der Waals surface area contributed by atoms with Crippen LogP contribution in [0.15, 0.2) is 18.2 Å². The van der Waals surface area contributed by atoms with Gasteiger partial charge >= 0.3 is 0 Å². The fourth-order valence-electron chi connectivity index (χ4n) is 2.68. The summed E-state index contributed by atoms with van der Waals surface area (Å²) < 4.78 is 13.3. The minimum absolute atomic E-state index is 0.209. The van der Waals surface area contributed by atoms with Crippen molar-refractivity contribution >= 4 is 11.4 Å². The highest BCUT2D eigenvalue weighted by molar-refractivity contribution is 5.52. The lowest BCUT2D eigenvalue weighted by molar-refractivity contribution is -0.385. The summed E-state index contributed by atoms with van der Waals surface area (Å²) in [5.74, 6) is 0.753. The summed E-state index contributed by atoms with van der Waals surface area (Å²) in [6, 6.07) is 3.92. The van der Waals surface area contributed by atoms with Crippen LogP contribution in [0.3, 0.4) is 0 Å². The smallest absolute Gasteiger partial charge is 0.274 e. The molecule has 0 radical (unpaired) electrons. The summed E-state index contributed by atoms with van der Waals surface area (Å²) in [7, 11) is 0. The van der Waals surface area contributed by atoms with Crippen LogP contribution in [0.4, 0.5) is 15.8 Å². The molecule has 5 heteroatoms. The number of rotatable bonds is 3. The van der Waals surface area contributed by atoms with E-state index in [1.807, 2.05) is 0 Å². The van der Waals surface area contributed by atoms with Crippen LogP contribution in [-0.4, -0.2) is 11.0 Å².